The molecule has 162 valence electrons. The topological polar surface area (TPSA) is 103 Å². The van der Waals surface area contributed by atoms with Crippen molar-refractivity contribution in [1.29, 1.82) is 0 Å². The number of piperazine rings is 1. The first-order valence-corrected chi connectivity index (χ1v) is 11.5. The predicted molar refractivity (Wildman–Crippen MR) is 117 cm³/mol. The minimum absolute atomic E-state index is 0.0428. The summed E-state index contributed by atoms with van der Waals surface area (Å²) >= 11 is 0. The molecule has 4 rings (SSSR count). The van der Waals surface area contributed by atoms with Crippen molar-refractivity contribution in [2.45, 2.75) is 25.2 Å². The summed E-state index contributed by atoms with van der Waals surface area (Å²) < 4.78 is 27.5. The van der Waals surface area contributed by atoms with E-state index in [0.717, 1.165) is 11.1 Å². The number of aromatic nitrogens is 2. The molecule has 1 N–H and O–H groups in total. The molecule has 2 heterocycles. The van der Waals surface area contributed by atoms with Gasteiger partial charge in [-0.2, -0.15) is 9.40 Å². The fraction of sp³-hybridized carbons (Fsp3) is 0.318. The summed E-state index contributed by atoms with van der Waals surface area (Å²) in [6, 6.07) is 12.3. The van der Waals surface area contributed by atoms with E-state index in [9.17, 15) is 18.0 Å². The maximum atomic E-state index is 13.0. The normalized spacial score (nSPS) is 15.4. The number of hydrogen-bond donors (Lipinski definition) is 1. The van der Waals surface area contributed by atoms with Crippen LogP contribution in [-0.4, -0.2) is 59.9 Å². The number of nitrogens with zero attached hydrogens (tertiary/aromatic N) is 3. The van der Waals surface area contributed by atoms with Gasteiger partial charge in [-0.15, -0.1) is 0 Å². The number of aromatic amines is 1. The fourth-order valence-electron chi connectivity index (χ4n) is 3.97. The number of rotatable bonds is 4. The van der Waals surface area contributed by atoms with Gasteiger partial charge >= 0.3 is 0 Å². The Bertz CT molecular complexity index is 1310. The number of carbonyl (C=O) groups is 1. The molecule has 0 bridgehead atoms. The molecule has 0 atom stereocenters. The van der Waals surface area contributed by atoms with Gasteiger partial charge in [-0.3, -0.25) is 9.59 Å². The lowest BCUT2D eigenvalue weighted by atomic mass is 10.1. The van der Waals surface area contributed by atoms with Crippen molar-refractivity contribution < 1.29 is 13.2 Å². The zero-order chi connectivity index (χ0) is 22.2. The van der Waals surface area contributed by atoms with Gasteiger partial charge in [-0.05, 0) is 31.5 Å². The van der Waals surface area contributed by atoms with E-state index in [1.165, 1.54) is 4.31 Å². The average molecular weight is 441 g/mol. The number of H-pyrrole nitrogens is 1. The summed E-state index contributed by atoms with van der Waals surface area (Å²) in [6.07, 6.45) is 0.0428. The second-order valence-corrected chi connectivity index (χ2v) is 9.68. The van der Waals surface area contributed by atoms with Crippen molar-refractivity contribution in [2.75, 3.05) is 26.2 Å². The highest BCUT2D eigenvalue weighted by molar-refractivity contribution is 7.89. The predicted octanol–water partition coefficient (Wildman–Crippen LogP) is 1.62. The Kier molecular flexibility index (Phi) is 5.63. The van der Waals surface area contributed by atoms with Gasteiger partial charge in [0.1, 0.15) is 0 Å². The molecule has 2 aromatic carbocycles. The van der Waals surface area contributed by atoms with Gasteiger partial charge in [0.25, 0.3) is 5.56 Å². The van der Waals surface area contributed by atoms with Gasteiger partial charge in [-0.25, -0.2) is 13.5 Å². The highest BCUT2D eigenvalue weighted by Crippen LogP contribution is 2.22. The monoisotopic (exact) mass is 440 g/mol. The van der Waals surface area contributed by atoms with Crippen LogP contribution in [0.3, 0.4) is 0 Å². The van der Waals surface area contributed by atoms with Gasteiger partial charge in [-0.1, -0.05) is 35.9 Å². The number of benzene rings is 2. The lowest BCUT2D eigenvalue weighted by molar-refractivity contribution is -0.131. The smallest absolute Gasteiger partial charge is 0.272 e. The number of fused-ring (bicyclic) bond motifs is 1. The zero-order valence-electron chi connectivity index (χ0n) is 17.5. The van der Waals surface area contributed by atoms with Crippen molar-refractivity contribution in [3.05, 3.63) is 69.6 Å². The maximum Gasteiger partial charge on any atom is 0.272 e. The Balaban J connectivity index is 1.46. The minimum Gasteiger partial charge on any atom is -0.340 e. The van der Waals surface area contributed by atoms with Crippen LogP contribution in [0.25, 0.3) is 10.8 Å². The average Bonchev–Trinajstić information content (AvgIpc) is 2.75. The van der Waals surface area contributed by atoms with Crippen LogP contribution < -0.4 is 5.56 Å². The van der Waals surface area contributed by atoms with E-state index in [4.69, 9.17) is 0 Å². The van der Waals surface area contributed by atoms with E-state index in [1.807, 2.05) is 13.0 Å². The molecular weight excluding hydrogens is 416 g/mol. The van der Waals surface area contributed by atoms with E-state index in [0.29, 0.717) is 34.5 Å². The third-order valence-corrected chi connectivity index (χ3v) is 7.69. The Labute approximate surface area is 180 Å². The lowest BCUT2D eigenvalue weighted by Crippen LogP contribution is -2.51. The van der Waals surface area contributed by atoms with Crippen LogP contribution in [-0.2, 0) is 21.2 Å². The number of nitrogens with one attached hydrogen (secondary N) is 1. The Morgan fingerprint density at radius 2 is 1.71 bits per heavy atom. The summed E-state index contributed by atoms with van der Waals surface area (Å²) in [5, 5.41) is 7.64. The van der Waals surface area contributed by atoms with Gasteiger partial charge < -0.3 is 4.90 Å². The van der Waals surface area contributed by atoms with E-state index in [-0.39, 0.29) is 31.0 Å². The summed E-state index contributed by atoms with van der Waals surface area (Å²) in [5.41, 5.74) is 1.94. The summed E-state index contributed by atoms with van der Waals surface area (Å²) in [6.45, 7) is 4.81. The van der Waals surface area contributed by atoms with Crippen LogP contribution in [0.1, 0.15) is 16.8 Å². The molecule has 0 saturated carbocycles. The highest BCUT2D eigenvalue weighted by atomic mass is 32.2. The van der Waals surface area contributed by atoms with Gasteiger partial charge in [0, 0.05) is 31.6 Å². The number of carbonyl (C=O) groups excluding carboxylic acids is 1. The van der Waals surface area contributed by atoms with Crippen LogP contribution in [0.4, 0.5) is 0 Å². The molecule has 0 spiro atoms. The molecular formula is C22H24N4O4S. The van der Waals surface area contributed by atoms with Crippen molar-refractivity contribution in [3.63, 3.8) is 0 Å². The number of amides is 1. The summed E-state index contributed by atoms with van der Waals surface area (Å²) in [4.78, 5) is 26.7. The number of aryl methyl sites for hydroxylation is 2. The first-order valence-electron chi connectivity index (χ1n) is 10.1. The molecule has 3 aromatic rings. The molecule has 1 aliphatic heterocycles. The first kappa shape index (κ1) is 21.2. The van der Waals surface area contributed by atoms with Crippen molar-refractivity contribution >= 4 is 26.7 Å². The molecule has 9 heteroatoms. The van der Waals surface area contributed by atoms with E-state index < -0.39 is 10.0 Å². The second kappa shape index (κ2) is 8.24. The number of sulfonamides is 1. The molecule has 8 nitrogen and oxygen atoms in total. The zero-order valence-corrected chi connectivity index (χ0v) is 18.3. The minimum atomic E-state index is -3.61. The van der Waals surface area contributed by atoms with Gasteiger partial charge in [0.15, 0.2) is 0 Å². The first-order chi connectivity index (χ1) is 14.8. The molecule has 1 aliphatic rings. The second-order valence-electron chi connectivity index (χ2n) is 7.78. The maximum absolute atomic E-state index is 13.0. The van der Waals surface area contributed by atoms with E-state index in [2.05, 4.69) is 10.2 Å². The Morgan fingerprint density at radius 3 is 2.39 bits per heavy atom. The number of hydrogen-bond acceptors (Lipinski definition) is 5. The summed E-state index contributed by atoms with van der Waals surface area (Å²) in [7, 11) is -3.61. The van der Waals surface area contributed by atoms with E-state index in [1.54, 1.807) is 48.2 Å². The summed E-state index contributed by atoms with van der Waals surface area (Å²) in [5.74, 6) is -0.145. The molecule has 1 saturated heterocycles. The fourth-order valence-corrected chi connectivity index (χ4v) is 5.59. The van der Waals surface area contributed by atoms with Crippen molar-refractivity contribution in [3.8, 4) is 0 Å². The Hall–Kier alpha value is -3.04. The third kappa shape index (κ3) is 4.11. The molecule has 0 aliphatic carbocycles. The van der Waals surface area contributed by atoms with Gasteiger partial charge in [0.05, 0.1) is 22.4 Å². The standard InChI is InChI=1S/C22H24N4O4S/c1-15-7-8-20(16(2)13-15)31(29,30)26-11-9-25(10-12-26)21(27)14-19-17-5-3-4-6-18(17)22(28)24-23-19/h3-8,13H,9-12,14H2,1-2H3,(H,24,28). The van der Waals surface area contributed by atoms with Crippen LogP contribution in [0.15, 0.2) is 52.2 Å². The molecule has 0 radical (unpaired) electrons. The van der Waals surface area contributed by atoms with Crippen LogP contribution >= 0.6 is 0 Å². The largest absolute Gasteiger partial charge is 0.340 e. The van der Waals surface area contributed by atoms with Crippen LogP contribution in [0.2, 0.25) is 0 Å². The Morgan fingerprint density at radius 1 is 1.03 bits per heavy atom. The SMILES string of the molecule is Cc1ccc(S(=O)(=O)N2CCN(C(=O)Cc3n[nH]c(=O)c4ccccc34)CC2)c(C)c1. The van der Waals surface area contributed by atoms with Crippen LogP contribution in [0, 0.1) is 13.8 Å². The van der Waals surface area contributed by atoms with Crippen molar-refractivity contribution in [1.82, 2.24) is 19.4 Å². The molecule has 1 fully saturated rings. The quantitative estimate of drug-likeness (QED) is 0.664. The molecule has 1 aromatic heterocycles. The highest BCUT2D eigenvalue weighted by Gasteiger charge is 2.31. The van der Waals surface area contributed by atoms with Crippen molar-refractivity contribution in [2.24, 2.45) is 0 Å². The molecule has 1 amide bonds. The molecule has 31 heavy (non-hydrogen) atoms. The third-order valence-electron chi connectivity index (χ3n) is 5.63. The lowest BCUT2D eigenvalue weighted by Gasteiger charge is -2.34. The van der Waals surface area contributed by atoms with E-state index >= 15 is 0 Å². The van der Waals surface area contributed by atoms with Gasteiger partial charge in [0.2, 0.25) is 15.9 Å². The van der Waals surface area contributed by atoms with Crippen LogP contribution in [0.5, 0.6) is 0 Å². The molecule has 0 unspecified atom stereocenters.